The van der Waals surface area contributed by atoms with Crippen LogP contribution in [0.15, 0.2) is 84.9 Å². The van der Waals surface area contributed by atoms with Gasteiger partial charge in [0.2, 0.25) is 0 Å². The molecule has 0 aliphatic heterocycles. The van der Waals surface area contributed by atoms with Crippen molar-refractivity contribution in [2.45, 2.75) is 64.2 Å². The number of hydrogen-bond acceptors (Lipinski definition) is 6. The molecule has 1 aliphatic rings. The Morgan fingerprint density at radius 3 is 1.93 bits per heavy atom. The molecule has 0 amide bonds. The molecule has 0 radical (unpaired) electrons. The van der Waals surface area contributed by atoms with Crippen molar-refractivity contribution in [3.05, 3.63) is 122 Å². The van der Waals surface area contributed by atoms with Gasteiger partial charge in [-0.3, -0.25) is 10.1 Å². The van der Waals surface area contributed by atoms with Crippen LogP contribution in [0.1, 0.15) is 90.5 Å². The van der Waals surface area contributed by atoms with E-state index in [-0.39, 0.29) is 32.8 Å². The highest BCUT2D eigenvalue weighted by Gasteiger charge is 2.22. The van der Waals surface area contributed by atoms with Crippen molar-refractivity contribution in [1.82, 2.24) is 0 Å². The van der Waals surface area contributed by atoms with Gasteiger partial charge in [0, 0.05) is 18.2 Å². The van der Waals surface area contributed by atoms with Gasteiger partial charge in [0.05, 0.1) is 21.1 Å². The molecule has 0 spiro atoms. The Morgan fingerprint density at radius 2 is 1.35 bits per heavy atom. The predicted octanol–water partition coefficient (Wildman–Crippen LogP) is 10.9. The lowest BCUT2D eigenvalue weighted by Gasteiger charge is -2.29. The molecule has 1 saturated carbocycles. The molecule has 0 aromatic heterocycles. The lowest BCUT2D eigenvalue weighted by Crippen LogP contribution is -2.13. The van der Waals surface area contributed by atoms with Crippen molar-refractivity contribution in [3.8, 4) is 22.6 Å². The first-order valence-corrected chi connectivity index (χ1v) is 16.4. The first-order valence-electron chi connectivity index (χ1n) is 15.6. The number of carbonyl (C=O) groups is 2. The van der Waals surface area contributed by atoms with E-state index in [1.54, 1.807) is 12.1 Å². The Kier molecular flexibility index (Phi) is 11.1. The number of hydrogen-bond donors (Lipinski definition) is 0. The largest absolute Gasteiger partial charge is 0.423 e. The Hall–Kier alpha value is -4.20. The van der Waals surface area contributed by atoms with Crippen molar-refractivity contribution in [2.24, 2.45) is 5.92 Å². The zero-order valence-electron chi connectivity index (χ0n) is 25.5. The number of esters is 2. The summed E-state index contributed by atoms with van der Waals surface area (Å²) in [5.41, 5.74) is 3.57. The highest BCUT2D eigenvalue weighted by atomic mass is 35.5. The molecule has 0 saturated heterocycles. The molecule has 46 heavy (non-hydrogen) atoms. The molecule has 0 atom stereocenters. The normalized spacial score (nSPS) is 16.1. The van der Waals surface area contributed by atoms with E-state index in [1.807, 2.05) is 12.1 Å². The van der Waals surface area contributed by atoms with Crippen LogP contribution in [0, 0.1) is 16.0 Å². The molecule has 4 aromatic rings. The van der Waals surface area contributed by atoms with Gasteiger partial charge in [0.1, 0.15) is 16.5 Å². The van der Waals surface area contributed by atoms with E-state index in [1.165, 1.54) is 87.3 Å². The number of unbranched alkanes of at least 4 members (excludes halogenated alkanes) is 2. The summed E-state index contributed by atoms with van der Waals surface area (Å²) in [5, 5.41) is 10.8. The second-order valence-electron chi connectivity index (χ2n) is 11.7. The number of nitro benzene ring substituents is 1. The van der Waals surface area contributed by atoms with E-state index < -0.39 is 16.9 Å². The van der Waals surface area contributed by atoms with Gasteiger partial charge in [-0.25, -0.2) is 9.59 Å². The third-order valence-corrected chi connectivity index (χ3v) is 9.21. The van der Waals surface area contributed by atoms with Crippen molar-refractivity contribution in [1.29, 1.82) is 0 Å². The average molecular weight is 661 g/mol. The zero-order valence-corrected chi connectivity index (χ0v) is 27.1. The number of rotatable bonds is 11. The van der Waals surface area contributed by atoms with Crippen molar-refractivity contribution in [3.63, 3.8) is 0 Å². The van der Waals surface area contributed by atoms with Gasteiger partial charge in [-0.2, -0.15) is 0 Å². The van der Waals surface area contributed by atoms with Crippen LogP contribution in [0.5, 0.6) is 11.5 Å². The van der Waals surface area contributed by atoms with Crippen molar-refractivity contribution >= 4 is 40.8 Å². The summed E-state index contributed by atoms with van der Waals surface area (Å²) in [5.74, 6) is 0.322. The van der Waals surface area contributed by atoms with E-state index >= 15 is 0 Å². The van der Waals surface area contributed by atoms with Gasteiger partial charge >= 0.3 is 11.9 Å². The summed E-state index contributed by atoms with van der Waals surface area (Å²) < 4.78 is 10.7. The molecule has 5 rings (SSSR count). The third-order valence-electron chi connectivity index (χ3n) is 8.60. The van der Waals surface area contributed by atoms with Crippen LogP contribution in [0.4, 0.5) is 5.69 Å². The van der Waals surface area contributed by atoms with Crippen LogP contribution < -0.4 is 9.47 Å². The molecule has 1 fully saturated rings. The van der Waals surface area contributed by atoms with Gasteiger partial charge < -0.3 is 9.47 Å². The van der Waals surface area contributed by atoms with Gasteiger partial charge in [-0.05, 0) is 84.5 Å². The predicted molar refractivity (Wildman–Crippen MR) is 180 cm³/mol. The van der Waals surface area contributed by atoms with E-state index in [0.717, 1.165) is 23.1 Å². The summed E-state index contributed by atoms with van der Waals surface area (Å²) in [6.07, 6.45) is 10.6. The van der Waals surface area contributed by atoms with Crippen molar-refractivity contribution in [2.75, 3.05) is 0 Å². The minimum atomic E-state index is -0.804. The molecule has 7 nitrogen and oxygen atoms in total. The fourth-order valence-electron chi connectivity index (χ4n) is 5.97. The van der Waals surface area contributed by atoms with E-state index in [0.29, 0.717) is 11.5 Å². The fourth-order valence-corrected chi connectivity index (χ4v) is 6.45. The molecule has 9 heteroatoms. The van der Waals surface area contributed by atoms with E-state index in [9.17, 15) is 19.7 Å². The number of nitrogens with zero attached hydrogens (tertiary/aromatic N) is 1. The Bertz CT molecular complexity index is 1700. The van der Waals surface area contributed by atoms with Crippen LogP contribution in [-0.2, 0) is 0 Å². The Balaban J connectivity index is 1.15. The number of benzene rings is 4. The third kappa shape index (κ3) is 8.33. The fraction of sp³-hybridized carbons (Fsp3) is 0.297. The lowest BCUT2D eigenvalue weighted by molar-refractivity contribution is -0.384. The molecule has 4 aromatic carbocycles. The van der Waals surface area contributed by atoms with Gasteiger partial charge in [0.15, 0.2) is 0 Å². The molecule has 0 bridgehead atoms. The number of nitro groups is 1. The minimum absolute atomic E-state index is 0.00196. The first-order chi connectivity index (χ1) is 22.2. The topological polar surface area (TPSA) is 95.7 Å². The highest BCUT2D eigenvalue weighted by Crippen LogP contribution is 2.38. The number of halogens is 2. The molecule has 0 N–H and O–H groups in total. The SMILES string of the molecule is CCCCC[C@H]1CC[C@H](c2ccc(-c3ccc(C(=O)Oc4ccc(C(=O)Oc5ccc([N+](=O)[O-])c(Cl)c5)c(Cl)c4)cc3)cc2)CC1. The summed E-state index contributed by atoms with van der Waals surface area (Å²) in [6.45, 7) is 2.26. The maximum Gasteiger partial charge on any atom is 0.345 e. The van der Waals surface area contributed by atoms with Gasteiger partial charge in [0.25, 0.3) is 5.69 Å². The zero-order chi connectivity index (χ0) is 32.6. The summed E-state index contributed by atoms with van der Waals surface area (Å²) >= 11 is 12.2. The number of carbonyl (C=O) groups excluding carboxylic acids is 2. The van der Waals surface area contributed by atoms with Crippen molar-refractivity contribution < 1.29 is 24.0 Å². The van der Waals surface area contributed by atoms with E-state index in [2.05, 4.69) is 31.2 Å². The van der Waals surface area contributed by atoms with Crippen LogP contribution in [0.2, 0.25) is 10.0 Å². The van der Waals surface area contributed by atoms with Crippen LogP contribution in [0.3, 0.4) is 0 Å². The quantitative estimate of drug-likeness (QED) is 0.0522. The number of ether oxygens (including phenoxy) is 2. The highest BCUT2D eigenvalue weighted by molar-refractivity contribution is 6.34. The van der Waals surface area contributed by atoms with Gasteiger partial charge in [-0.1, -0.05) is 92.2 Å². The molecule has 0 unspecified atom stereocenters. The van der Waals surface area contributed by atoms with Gasteiger partial charge in [-0.15, -0.1) is 0 Å². The van der Waals surface area contributed by atoms with Crippen LogP contribution in [0.25, 0.3) is 11.1 Å². The van der Waals surface area contributed by atoms with Crippen LogP contribution in [-0.4, -0.2) is 16.9 Å². The maximum absolute atomic E-state index is 12.8. The lowest BCUT2D eigenvalue weighted by atomic mass is 9.77. The van der Waals surface area contributed by atoms with Crippen LogP contribution >= 0.6 is 23.2 Å². The standard InChI is InChI=1S/C37H35Cl2NO6/c1-2-3-4-5-24-6-8-25(9-7-24)26-10-12-27(13-11-26)28-14-16-29(17-15-28)36(41)45-30-18-20-32(33(38)22-30)37(42)46-31-19-21-35(40(43)44)34(39)23-31/h10-25H,2-9H2,1H3/t24-,25-. The summed E-state index contributed by atoms with van der Waals surface area (Å²) in [4.78, 5) is 35.8. The molecule has 0 heterocycles. The molecule has 238 valence electrons. The van der Waals surface area contributed by atoms with E-state index in [4.69, 9.17) is 32.7 Å². The average Bonchev–Trinajstić information content (AvgIpc) is 3.05. The molecule has 1 aliphatic carbocycles. The second-order valence-corrected chi connectivity index (χ2v) is 12.5. The molecular weight excluding hydrogens is 625 g/mol. The summed E-state index contributed by atoms with van der Waals surface area (Å²) in [7, 11) is 0. The second kappa shape index (κ2) is 15.4. The first kappa shape index (κ1) is 33.2. The Labute approximate surface area is 278 Å². The summed E-state index contributed by atoms with van der Waals surface area (Å²) in [6, 6.07) is 23.7. The smallest absolute Gasteiger partial charge is 0.345 e. The molecular formula is C37H35Cl2NO6. The Morgan fingerprint density at radius 1 is 0.761 bits per heavy atom. The minimum Gasteiger partial charge on any atom is -0.423 e. The monoisotopic (exact) mass is 659 g/mol. The maximum atomic E-state index is 12.8.